The second-order valence-electron chi connectivity index (χ2n) is 7.26. The third-order valence-electron chi connectivity index (χ3n) is 4.90. The van der Waals surface area contributed by atoms with Crippen LogP contribution in [0.1, 0.15) is 18.3 Å². The van der Waals surface area contributed by atoms with Crippen molar-refractivity contribution in [2.45, 2.75) is 26.8 Å². The van der Waals surface area contributed by atoms with E-state index >= 15 is 0 Å². The van der Waals surface area contributed by atoms with Crippen LogP contribution in [0.15, 0.2) is 72.8 Å². The molecule has 0 saturated carbocycles. The lowest BCUT2D eigenvalue weighted by Gasteiger charge is -2.16. The number of para-hydroxylation sites is 1. The zero-order chi connectivity index (χ0) is 20.4. The summed E-state index contributed by atoms with van der Waals surface area (Å²) in [6.45, 7) is 5.85. The number of hydrogen-bond donors (Lipinski definition) is 2. The molecule has 0 fully saturated rings. The number of carbonyl (C=O) groups is 1. The van der Waals surface area contributed by atoms with Gasteiger partial charge in [-0.3, -0.25) is 9.36 Å². The quantitative estimate of drug-likeness (QED) is 0.504. The third kappa shape index (κ3) is 3.99. The first-order valence-corrected chi connectivity index (χ1v) is 9.70. The number of amides is 1. The van der Waals surface area contributed by atoms with Crippen LogP contribution >= 0.6 is 0 Å². The third-order valence-corrected chi connectivity index (χ3v) is 4.90. The normalized spacial score (nSPS) is 12.0. The topological polar surface area (TPSA) is 59.0 Å². The van der Waals surface area contributed by atoms with Gasteiger partial charge in [0.15, 0.2) is 0 Å². The average Bonchev–Trinajstić information content (AvgIpc) is 3.03. The maximum Gasteiger partial charge on any atom is 0.246 e. The second-order valence-corrected chi connectivity index (χ2v) is 7.26. The summed E-state index contributed by atoms with van der Waals surface area (Å²) in [6.07, 6.45) is 0. The van der Waals surface area contributed by atoms with Gasteiger partial charge in [0.25, 0.3) is 0 Å². The first-order valence-electron chi connectivity index (χ1n) is 9.70. The molecule has 1 heterocycles. The zero-order valence-corrected chi connectivity index (χ0v) is 16.8. The summed E-state index contributed by atoms with van der Waals surface area (Å²) in [7, 11) is 0. The number of aryl methyl sites for hydroxylation is 2. The van der Waals surface area contributed by atoms with Crippen LogP contribution in [0.3, 0.4) is 0 Å². The molecule has 0 bridgehead atoms. The number of fused-ring (bicyclic) bond motifs is 1. The molecule has 0 aliphatic rings. The van der Waals surface area contributed by atoms with Gasteiger partial charge in [-0.05, 0) is 68.8 Å². The van der Waals surface area contributed by atoms with Crippen molar-refractivity contribution in [2.75, 3.05) is 10.6 Å². The zero-order valence-electron chi connectivity index (χ0n) is 16.8. The van der Waals surface area contributed by atoms with Crippen LogP contribution in [0.4, 0.5) is 11.4 Å². The first kappa shape index (κ1) is 18.7. The summed E-state index contributed by atoms with van der Waals surface area (Å²) in [5.74, 6) is 0.843. The van der Waals surface area contributed by atoms with Crippen LogP contribution in [0.25, 0.3) is 16.7 Å². The summed E-state index contributed by atoms with van der Waals surface area (Å²) in [5.41, 5.74) is 5.79. The molecule has 29 heavy (non-hydrogen) atoms. The van der Waals surface area contributed by atoms with Gasteiger partial charge in [-0.25, -0.2) is 4.98 Å². The molecule has 1 unspecified atom stereocenters. The minimum Gasteiger partial charge on any atom is -0.374 e. The molecule has 1 aromatic heterocycles. The summed E-state index contributed by atoms with van der Waals surface area (Å²) >= 11 is 0. The van der Waals surface area contributed by atoms with Crippen LogP contribution in [0.5, 0.6) is 0 Å². The van der Waals surface area contributed by atoms with Crippen LogP contribution in [-0.2, 0) is 4.79 Å². The van der Waals surface area contributed by atoms with Crippen LogP contribution < -0.4 is 10.6 Å². The van der Waals surface area contributed by atoms with E-state index < -0.39 is 0 Å². The fraction of sp³-hybridized carbons (Fsp3) is 0.167. The van der Waals surface area contributed by atoms with E-state index in [1.807, 2.05) is 81.4 Å². The highest BCUT2D eigenvalue weighted by atomic mass is 16.2. The van der Waals surface area contributed by atoms with Gasteiger partial charge in [-0.2, -0.15) is 0 Å². The maximum absolute atomic E-state index is 12.5. The van der Waals surface area contributed by atoms with E-state index in [0.29, 0.717) is 0 Å². The van der Waals surface area contributed by atoms with Crippen LogP contribution in [0, 0.1) is 13.8 Å². The second kappa shape index (κ2) is 7.80. The monoisotopic (exact) mass is 384 g/mol. The molecule has 5 heteroatoms. The molecule has 1 atom stereocenters. The smallest absolute Gasteiger partial charge is 0.246 e. The Balaban J connectivity index is 1.53. The molecular weight excluding hydrogens is 360 g/mol. The molecule has 2 N–H and O–H groups in total. The SMILES string of the molecule is Cc1cccc(NC(=O)C(C)Nc2ccc3c(c2)nc(C)n3-c2ccccc2)c1. The lowest BCUT2D eigenvalue weighted by molar-refractivity contribution is -0.116. The number of carbonyl (C=O) groups excluding carboxylic acids is 1. The van der Waals surface area contributed by atoms with Crippen molar-refractivity contribution < 1.29 is 4.79 Å². The minimum atomic E-state index is -0.384. The summed E-state index contributed by atoms with van der Waals surface area (Å²) in [4.78, 5) is 17.2. The molecule has 1 amide bonds. The van der Waals surface area contributed by atoms with E-state index in [0.717, 1.165) is 39.5 Å². The largest absolute Gasteiger partial charge is 0.374 e. The van der Waals surface area contributed by atoms with E-state index in [4.69, 9.17) is 4.98 Å². The Labute approximate surface area is 170 Å². The summed E-state index contributed by atoms with van der Waals surface area (Å²) < 4.78 is 2.13. The van der Waals surface area contributed by atoms with Gasteiger partial charge in [0.05, 0.1) is 11.0 Å². The van der Waals surface area contributed by atoms with Crippen molar-refractivity contribution >= 4 is 28.3 Å². The average molecular weight is 384 g/mol. The van der Waals surface area contributed by atoms with Crippen molar-refractivity contribution in [3.8, 4) is 5.69 Å². The molecule has 0 saturated heterocycles. The van der Waals surface area contributed by atoms with Gasteiger partial charge in [0.2, 0.25) is 5.91 Å². The van der Waals surface area contributed by atoms with Gasteiger partial charge >= 0.3 is 0 Å². The number of aromatic nitrogens is 2. The molecule has 0 aliphatic carbocycles. The Bertz CT molecular complexity index is 1160. The van der Waals surface area contributed by atoms with Crippen molar-refractivity contribution in [3.63, 3.8) is 0 Å². The van der Waals surface area contributed by atoms with Gasteiger partial charge in [0.1, 0.15) is 11.9 Å². The fourth-order valence-electron chi connectivity index (χ4n) is 3.48. The van der Waals surface area contributed by atoms with Crippen molar-refractivity contribution in [2.24, 2.45) is 0 Å². The standard InChI is InChI=1S/C24H24N4O/c1-16-8-7-9-19(14-16)27-24(29)17(2)25-20-12-13-23-22(15-20)26-18(3)28(23)21-10-5-4-6-11-21/h4-15,17,25H,1-3H3,(H,27,29). The Hall–Kier alpha value is -3.60. The molecule has 4 aromatic rings. The van der Waals surface area contributed by atoms with E-state index in [-0.39, 0.29) is 11.9 Å². The number of anilines is 2. The van der Waals surface area contributed by atoms with E-state index in [1.165, 1.54) is 0 Å². The summed E-state index contributed by atoms with van der Waals surface area (Å²) in [5, 5.41) is 6.23. The molecule has 5 nitrogen and oxygen atoms in total. The number of nitrogens with zero attached hydrogens (tertiary/aromatic N) is 2. The molecule has 0 aliphatic heterocycles. The predicted octanol–water partition coefficient (Wildman–Crippen LogP) is 5.08. The van der Waals surface area contributed by atoms with Crippen molar-refractivity contribution in [3.05, 3.63) is 84.2 Å². The van der Waals surface area contributed by atoms with E-state index in [1.54, 1.807) is 0 Å². The highest BCUT2D eigenvalue weighted by molar-refractivity contribution is 5.96. The van der Waals surface area contributed by atoms with E-state index in [9.17, 15) is 4.79 Å². The molecule has 0 spiro atoms. The maximum atomic E-state index is 12.5. The molecular formula is C24H24N4O. The van der Waals surface area contributed by atoms with Crippen LogP contribution in [-0.4, -0.2) is 21.5 Å². The number of benzene rings is 3. The molecule has 3 aromatic carbocycles. The van der Waals surface area contributed by atoms with E-state index in [2.05, 4.69) is 27.3 Å². The Morgan fingerprint density at radius 2 is 1.72 bits per heavy atom. The van der Waals surface area contributed by atoms with Gasteiger partial charge < -0.3 is 10.6 Å². The number of rotatable bonds is 5. The summed E-state index contributed by atoms with van der Waals surface area (Å²) in [6, 6.07) is 23.6. The Morgan fingerprint density at radius 3 is 2.48 bits per heavy atom. The predicted molar refractivity (Wildman–Crippen MR) is 119 cm³/mol. The van der Waals surface area contributed by atoms with Gasteiger partial charge in [-0.15, -0.1) is 0 Å². The van der Waals surface area contributed by atoms with Gasteiger partial charge in [0, 0.05) is 17.1 Å². The number of imidazole rings is 1. The van der Waals surface area contributed by atoms with Crippen molar-refractivity contribution in [1.82, 2.24) is 9.55 Å². The highest BCUT2D eigenvalue weighted by Gasteiger charge is 2.15. The highest BCUT2D eigenvalue weighted by Crippen LogP contribution is 2.24. The Morgan fingerprint density at radius 1 is 0.931 bits per heavy atom. The fourth-order valence-corrected chi connectivity index (χ4v) is 3.48. The lowest BCUT2D eigenvalue weighted by atomic mass is 10.2. The molecule has 0 radical (unpaired) electrons. The molecule has 4 rings (SSSR count). The number of nitrogens with one attached hydrogen (secondary N) is 2. The first-order chi connectivity index (χ1) is 14.0. The van der Waals surface area contributed by atoms with Crippen molar-refractivity contribution in [1.29, 1.82) is 0 Å². The van der Waals surface area contributed by atoms with Crippen LogP contribution in [0.2, 0.25) is 0 Å². The minimum absolute atomic E-state index is 0.0818. The van der Waals surface area contributed by atoms with Gasteiger partial charge in [-0.1, -0.05) is 30.3 Å². The molecule has 146 valence electrons. The lowest BCUT2D eigenvalue weighted by Crippen LogP contribution is -2.31. The number of hydrogen-bond acceptors (Lipinski definition) is 3. The Kier molecular flexibility index (Phi) is 5.04.